The fourth-order valence-corrected chi connectivity index (χ4v) is 1.26. The van der Waals surface area contributed by atoms with E-state index in [0.29, 0.717) is 0 Å². The predicted octanol–water partition coefficient (Wildman–Crippen LogP) is 2.52. The smallest absolute Gasteiger partial charge is 0.477 e. The van der Waals surface area contributed by atoms with E-state index in [2.05, 4.69) is 9.72 Å². The van der Waals surface area contributed by atoms with Gasteiger partial charge in [-0.2, -0.15) is 0 Å². The van der Waals surface area contributed by atoms with Crippen molar-refractivity contribution in [3.63, 3.8) is 0 Å². The molecule has 0 aromatic carbocycles. The Morgan fingerprint density at radius 3 is 2.35 bits per heavy atom. The third-order valence-electron chi connectivity index (χ3n) is 1.88. The van der Waals surface area contributed by atoms with Crippen LogP contribution >= 0.6 is 0 Å². The first kappa shape index (κ1) is 15.5. The summed E-state index contributed by atoms with van der Waals surface area (Å²) < 4.78 is 64.2. The maximum absolute atomic E-state index is 12.5. The minimum atomic E-state index is -5.38. The fourth-order valence-electron chi connectivity index (χ4n) is 1.26. The van der Waals surface area contributed by atoms with Crippen LogP contribution in [0.1, 0.15) is 22.5 Å². The Labute approximate surface area is 105 Å². The molecule has 0 spiro atoms. The number of alkyl halides is 5. The van der Waals surface area contributed by atoms with Crippen molar-refractivity contribution in [2.75, 3.05) is 0 Å². The van der Waals surface area contributed by atoms with Gasteiger partial charge in [-0.15, -0.1) is 13.2 Å². The van der Waals surface area contributed by atoms with Gasteiger partial charge in [0.25, 0.3) is 6.43 Å². The Hall–Kier alpha value is -2.53. The predicted molar refractivity (Wildman–Crippen MR) is 49.5 cm³/mol. The average molecular weight is 302 g/mol. The molecule has 20 heavy (non-hydrogen) atoms. The number of hydrogen-bond donors (Lipinski definition) is 1. The molecule has 0 aliphatic carbocycles. The summed E-state index contributed by atoms with van der Waals surface area (Å²) in [5.74, 6) is -3.82. The van der Waals surface area contributed by atoms with E-state index >= 15 is 0 Å². The Kier molecular flexibility index (Phi) is 4.06. The number of carbonyl (C=O) groups is 1. The van der Waals surface area contributed by atoms with Crippen LogP contribution in [0.15, 0.2) is 6.20 Å². The number of carboxylic acids is 1. The van der Waals surface area contributed by atoms with Gasteiger partial charge in [-0.3, -0.25) is 10.1 Å². The molecule has 1 rings (SSSR count). The third kappa shape index (κ3) is 3.27. The van der Waals surface area contributed by atoms with E-state index in [-0.39, 0.29) is 6.20 Å². The minimum Gasteiger partial charge on any atom is -0.477 e. The second kappa shape index (κ2) is 5.22. The first-order valence-electron chi connectivity index (χ1n) is 4.49. The van der Waals surface area contributed by atoms with Crippen LogP contribution in [0.4, 0.5) is 27.6 Å². The van der Waals surface area contributed by atoms with Crippen LogP contribution in [-0.2, 0) is 0 Å². The van der Waals surface area contributed by atoms with Gasteiger partial charge in [0.05, 0.1) is 11.1 Å². The first-order chi connectivity index (χ1) is 9.04. The second-order valence-corrected chi connectivity index (χ2v) is 3.14. The highest BCUT2D eigenvalue weighted by atomic mass is 19.4. The molecule has 1 heterocycles. The summed E-state index contributed by atoms with van der Waals surface area (Å²) >= 11 is 0. The Morgan fingerprint density at radius 2 is 2.00 bits per heavy atom. The molecule has 7 nitrogen and oxygen atoms in total. The van der Waals surface area contributed by atoms with Gasteiger partial charge in [0.1, 0.15) is 5.69 Å². The van der Waals surface area contributed by atoms with Gasteiger partial charge in [0.15, 0.2) is 5.56 Å². The molecule has 0 saturated carbocycles. The number of pyridine rings is 1. The summed E-state index contributed by atoms with van der Waals surface area (Å²) in [6, 6.07) is 0. The highest BCUT2D eigenvalue weighted by Gasteiger charge is 2.39. The second-order valence-electron chi connectivity index (χ2n) is 3.14. The van der Waals surface area contributed by atoms with Gasteiger partial charge in [0.2, 0.25) is 5.75 Å². The number of nitrogens with zero attached hydrogens (tertiary/aromatic N) is 2. The zero-order valence-corrected chi connectivity index (χ0v) is 9.02. The van der Waals surface area contributed by atoms with Crippen LogP contribution < -0.4 is 4.74 Å². The molecule has 0 bridgehead atoms. The van der Waals surface area contributed by atoms with Gasteiger partial charge in [-0.1, -0.05) is 0 Å². The highest BCUT2D eigenvalue weighted by Crippen LogP contribution is 2.37. The molecule has 12 heteroatoms. The molecule has 0 unspecified atom stereocenters. The molecule has 0 saturated heterocycles. The quantitative estimate of drug-likeness (QED) is 0.521. The van der Waals surface area contributed by atoms with Crippen LogP contribution in [0.5, 0.6) is 5.75 Å². The molecule has 0 aliphatic heterocycles. The van der Waals surface area contributed by atoms with E-state index in [1.54, 1.807) is 0 Å². The molecular formula is C8H3F5N2O5. The van der Waals surface area contributed by atoms with Crippen molar-refractivity contribution in [2.24, 2.45) is 0 Å². The first-order valence-corrected chi connectivity index (χ1v) is 4.49. The number of aromatic carboxylic acids is 1. The summed E-state index contributed by atoms with van der Waals surface area (Å²) in [6.45, 7) is 0. The molecule has 0 radical (unpaired) electrons. The summed E-state index contributed by atoms with van der Waals surface area (Å²) in [5.41, 5.74) is -4.94. The molecule has 1 N–H and O–H groups in total. The van der Waals surface area contributed by atoms with E-state index in [0.717, 1.165) is 0 Å². The van der Waals surface area contributed by atoms with Crippen molar-refractivity contribution < 1.29 is 41.5 Å². The van der Waals surface area contributed by atoms with Crippen LogP contribution in [0.25, 0.3) is 0 Å². The largest absolute Gasteiger partial charge is 0.573 e. The number of rotatable bonds is 4. The van der Waals surface area contributed by atoms with E-state index < -0.39 is 46.4 Å². The van der Waals surface area contributed by atoms with Crippen LogP contribution in [-0.4, -0.2) is 27.3 Å². The molecule has 0 atom stereocenters. The normalized spacial score (nSPS) is 11.5. The topological polar surface area (TPSA) is 103 Å². The van der Waals surface area contributed by atoms with Crippen molar-refractivity contribution in [1.82, 2.24) is 4.98 Å². The van der Waals surface area contributed by atoms with Crippen molar-refractivity contribution >= 4 is 11.7 Å². The Balaban J connectivity index is 3.61. The summed E-state index contributed by atoms with van der Waals surface area (Å²) in [7, 11) is 0. The van der Waals surface area contributed by atoms with Crippen LogP contribution in [0.3, 0.4) is 0 Å². The number of aromatic nitrogens is 1. The van der Waals surface area contributed by atoms with Gasteiger partial charge in [-0.25, -0.2) is 18.6 Å². The number of carboxylic acid groups (broad SMARTS) is 1. The molecule has 110 valence electrons. The van der Waals surface area contributed by atoms with E-state index in [1.165, 1.54) is 0 Å². The Bertz CT molecular complexity index is 559. The monoisotopic (exact) mass is 302 g/mol. The van der Waals surface area contributed by atoms with Crippen molar-refractivity contribution in [2.45, 2.75) is 12.8 Å². The zero-order valence-electron chi connectivity index (χ0n) is 9.02. The number of hydrogen-bond acceptors (Lipinski definition) is 5. The van der Waals surface area contributed by atoms with Crippen molar-refractivity contribution in [3.05, 3.63) is 27.6 Å². The lowest BCUT2D eigenvalue weighted by Crippen LogP contribution is -2.20. The third-order valence-corrected chi connectivity index (χ3v) is 1.88. The summed E-state index contributed by atoms with van der Waals surface area (Å²) in [6.07, 6.45) is -8.89. The van der Waals surface area contributed by atoms with Gasteiger partial charge >= 0.3 is 18.0 Å². The standard InChI is InChI=1S/C8H3F5N2O5/c9-6(10)4-3(7(16)17)5(15(18)19)2(1-14-4)20-8(11,12)13/h1,6H,(H,16,17). The van der Waals surface area contributed by atoms with Crippen LogP contribution in [0, 0.1) is 10.1 Å². The number of ether oxygens (including phenoxy) is 1. The maximum Gasteiger partial charge on any atom is 0.573 e. The lowest BCUT2D eigenvalue weighted by Gasteiger charge is -2.11. The van der Waals surface area contributed by atoms with Crippen molar-refractivity contribution in [1.29, 1.82) is 0 Å². The summed E-state index contributed by atoms with van der Waals surface area (Å²) in [5, 5.41) is 19.3. The maximum atomic E-state index is 12.5. The molecule has 0 amide bonds. The molecule has 0 aliphatic rings. The fraction of sp³-hybridized carbons (Fsp3) is 0.250. The average Bonchev–Trinajstić information content (AvgIpc) is 2.24. The van der Waals surface area contributed by atoms with E-state index in [9.17, 15) is 36.9 Å². The van der Waals surface area contributed by atoms with E-state index in [1.807, 2.05) is 0 Å². The lowest BCUT2D eigenvalue weighted by molar-refractivity contribution is -0.389. The molecule has 1 aromatic rings. The van der Waals surface area contributed by atoms with Gasteiger partial charge in [-0.05, 0) is 0 Å². The van der Waals surface area contributed by atoms with Gasteiger partial charge in [0, 0.05) is 0 Å². The number of halogens is 5. The highest BCUT2D eigenvalue weighted by molar-refractivity contribution is 5.95. The molecule has 0 fully saturated rings. The number of nitro groups is 1. The van der Waals surface area contributed by atoms with E-state index in [4.69, 9.17) is 5.11 Å². The zero-order chi connectivity index (χ0) is 15.7. The van der Waals surface area contributed by atoms with Crippen LogP contribution in [0.2, 0.25) is 0 Å². The van der Waals surface area contributed by atoms with Gasteiger partial charge < -0.3 is 9.84 Å². The summed E-state index contributed by atoms with van der Waals surface area (Å²) in [4.78, 5) is 22.6. The Morgan fingerprint density at radius 1 is 1.45 bits per heavy atom. The lowest BCUT2D eigenvalue weighted by atomic mass is 10.1. The van der Waals surface area contributed by atoms with Crippen molar-refractivity contribution in [3.8, 4) is 5.75 Å². The minimum absolute atomic E-state index is 0.0134. The molecular weight excluding hydrogens is 299 g/mol. The molecule has 1 aromatic heterocycles. The SMILES string of the molecule is O=C(O)c1c(C(F)F)ncc(OC(F)(F)F)c1[N+](=O)[O-].